The third-order valence-corrected chi connectivity index (χ3v) is 4.69. The highest BCUT2D eigenvalue weighted by molar-refractivity contribution is 5.79. The van der Waals surface area contributed by atoms with Gasteiger partial charge in [0, 0.05) is 25.9 Å². The number of amides is 1. The average molecular weight is 341 g/mol. The van der Waals surface area contributed by atoms with E-state index in [1.165, 1.54) is 5.56 Å². The molecule has 1 aliphatic rings. The Labute approximate surface area is 149 Å². The fraction of sp³-hybridized carbons (Fsp3) is 0.500. The lowest BCUT2D eigenvalue weighted by Gasteiger charge is -2.31. The third kappa shape index (κ3) is 4.69. The van der Waals surface area contributed by atoms with E-state index in [0.717, 1.165) is 43.5 Å². The van der Waals surface area contributed by atoms with Gasteiger partial charge in [0.2, 0.25) is 5.91 Å². The molecule has 1 aromatic carbocycles. The van der Waals surface area contributed by atoms with E-state index in [0.29, 0.717) is 6.54 Å². The molecule has 2 aromatic rings. The Morgan fingerprint density at radius 1 is 1.28 bits per heavy atom. The van der Waals surface area contributed by atoms with E-state index in [9.17, 15) is 4.79 Å². The van der Waals surface area contributed by atoms with Gasteiger partial charge < -0.3 is 10.1 Å². The minimum atomic E-state index is -0.136. The number of carbonyl (C=O) groups is 1. The summed E-state index contributed by atoms with van der Waals surface area (Å²) in [7, 11) is 0. The first-order chi connectivity index (χ1) is 12.1. The highest BCUT2D eigenvalue weighted by Crippen LogP contribution is 2.33. The number of nitrogens with zero attached hydrogens (tertiary/aromatic N) is 2. The molecule has 0 radical (unpaired) electrons. The van der Waals surface area contributed by atoms with E-state index in [1.807, 2.05) is 24.0 Å². The Morgan fingerprint density at radius 3 is 2.80 bits per heavy atom. The van der Waals surface area contributed by atoms with Crippen LogP contribution >= 0.6 is 0 Å². The van der Waals surface area contributed by atoms with Crippen molar-refractivity contribution in [1.82, 2.24) is 15.1 Å². The summed E-state index contributed by atoms with van der Waals surface area (Å²) < 4.78 is 7.86. The first kappa shape index (κ1) is 17.7. The summed E-state index contributed by atoms with van der Waals surface area (Å²) in [6, 6.07) is 8.31. The number of hydrogen-bond donors (Lipinski definition) is 1. The smallest absolute Gasteiger partial charge is 0.226 e. The lowest BCUT2D eigenvalue weighted by Crippen LogP contribution is -2.38. The monoisotopic (exact) mass is 341 g/mol. The molecule has 0 aliphatic carbocycles. The second kappa shape index (κ2) is 8.30. The molecule has 2 atom stereocenters. The van der Waals surface area contributed by atoms with E-state index in [1.54, 1.807) is 0 Å². The molecular weight excluding hydrogens is 314 g/mol. The van der Waals surface area contributed by atoms with E-state index in [4.69, 9.17) is 4.74 Å². The van der Waals surface area contributed by atoms with Gasteiger partial charge in [-0.05, 0) is 44.2 Å². The number of benzene rings is 1. The summed E-state index contributed by atoms with van der Waals surface area (Å²) in [4.78, 5) is 12.7. The molecule has 2 heterocycles. The predicted molar refractivity (Wildman–Crippen MR) is 97.2 cm³/mol. The summed E-state index contributed by atoms with van der Waals surface area (Å²) in [5, 5.41) is 7.35. The molecule has 1 amide bonds. The fourth-order valence-electron chi connectivity index (χ4n) is 3.31. The van der Waals surface area contributed by atoms with Gasteiger partial charge in [0.1, 0.15) is 0 Å². The van der Waals surface area contributed by atoms with Gasteiger partial charge in [-0.2, -0.15) is 5.10 Å². The van der Waals surface area contributed by atoms with E-state index in [2.05, 4.69) is 41.6 Å². The molecule has 0 bridgehead atoms. The van der Waals surface area contributed by atoms with E-state index >= 15 is 0 Å². The van der Waals surface area contributed by atoms with Gasteiger partial charge in [0.15, 0.2) is 0 Å². The molecule has 0 saturated carbocycles. The Morgan fingerprint density at radius 2 is 2.08 bits per heavy atom. The van der Waals surface area contributed by atoms with Gasteiger partial charge in [-0.1, -0.05) is 29.8 Å². The lowest BCUT2D eigenvalue weighted by atomic mass is 9.88. The fourth-order valence-corrected chi connectivity index (χ4v) is 3.31. The summed E-state index contributed by atoms with van der Waals surface area (Å²) in [6.45, 7) is 6.29. The molecule has 0 unspecified atom stereocenters. The van der Waals surface area contributed by atoms with Crippen molar-refractivity contribution in [1.29, 1.82) is 0 Å². The number of hydrogen-bond acceptors (Lipinski definition) is 3. The molecule has 3 rings (SSSR count). The van der Waals surface area contributed by atoms with Crippen LogP contribution in [-0.2, 0) is 16.1 Å². The van der Waals surface area contributed by atoms with Gasteiger partial charge in [-0.3, -0.25) is 9.48 Å². The van der Waals surface area contributed by atoms with Crippen molar-refractivity contribution in [3.63, 3.8) is 0 Å². The summed E-state index contributed by atoms with van der Waals surface area (Å²) >= 11 is 0. The minimum Gasteiger partial charge on any atom is -0.373 e. The molecule has 25 heavy (non-hydrogen) atoms. The predicted octanol–water partition coefficient (Wildman–Crippen LogP) is 3.17. The van der Waals surface area contributed by atoms with Crippen LogP contribution in [0.25, 0.3) is 0 Å². The zero-order valence-electron chi connectivity index (χ0n) is 15.1. The van der Waals surface area contributed by atoms with Gasteiger partial charge in [-0.25, -0.2) is 0 Å². The molecule has 5 heteroatoms. The van der Waals surface area contributed by atoms with Crippen LogP contribution in [0.5, 0.6) is 0 Å². The normalized spacial score (nSPS) is 20.4. The molecule has 1 aliphatic heterocycles. The van der Waals surface area contributed by atoms with Gasteiger partial charge in [-0.15, -0.1) is 0 Å². The van der Waals surface area contributed by atoms with Crippen LogP contribution in [0.3, 0.4) is 0 Å². The first-order valence-corrected chi connectivity index (χ1v) is 9.08. The van der Waals surface area contributed by atoms with Crippen LogP contribution in [0.4, 0.5) is 0 Å². The number of aryl methyl sites for hydroxylation is 3. The second-order valence-electron chi connectivity index (χ2n) is 6.88. The minimum absolute atomic E-state index is 0.0990. The highest BCUT2D eigenvalue weighted by Gasteiger charge is 2.32. The number of ether oxygens (including phenoxy) is 1. The molecule has 1 aromatic heterocycles. The highest BCUT2D eigenvalue weighted by atomic mass is 16.5. The molecule has 1 N–H and O–H groups in total. The molecular formula is C20H27N3O2. The van der Waals surface area contributed by atoms with Crippen LogP contribution in [-0.4, -0.2) is 28.8 Å². The Balaban J connectivity index is 1.52. The Kier molecular flexibility index (Phi) is 5.87. The number of nitrogens with one attached hydrogen (secondary N) is 1. The maximum atomic E-state index is 12.7. The Hall–Kier alpha value is -2.14. The number of carbonyl (C=O) groups excluding carboxylic acids is 1. The van der Waals surface area contributed by atoms with Gasteiger partial charge in [0.25, 0.3) is 0 Å². The van der Waals surface area contributed by atoms with Crippen molar-refractivity contribution < 1.29 is 9.53 Å². The Bertz CT molecular complexity index is 693. The zero-order chi connectivity index (χ0) is 17.6. The largest absolute Gasteiger partial charge is 0.373 e. The van der Waals surface area contributed by atoms with Crippen molar-refractivity contribution in [2.24, 2.45) is 5.92 Å². The molecule has 134 valence electrons. The van der Waals surface area contributed by atoms with E-state index in [-0.39, 0.29) is 17.9 Å². The van der Waals surface area contributed by atoms with Gasteiger partial charge >= 0.3 is 0 Å². The second-order valence-corrected chi connectivity index (χ2v) is 6.88. The average Bonchev–Trinajstić information content (AvgIpc) is 3.04. The number of aromatic nitrogens is 2. The maximum Gasteiger partial charge on any atom is 0.226 e. The van der Waals surface area contributed by atoms with Gasteiger partial charge in [0.05, 0.1) is 18.2 Å². The standard InChI is InChI=1S/C20H27N3O2/c1-15-6-8-17(9-7-15)19-18(5-3-12-25-19)20(24)21-10-4-11-23-14-16(2)13-22-23/h6-9,13-14,18-19H,3-5,10-12H2,1-2H3,(H,21,24)/t18-,19-/m0/s1. The maximum absolute atomic E-state index is 12.7. The van der Waals surface area contributed by atoms with E-state index < -0.39 is 0 Å². The number of rotatable bonds is 6. The van der Waals surface area contributed by atoms with Crippen LogP contribution < -0.4 is 5.32 Å². The molecule has 0 spiro atoms. The van der Waals surface area contributed by atoms with Crippen LogP contribution in [0, 0.1) is 19.8 Å². The lowest BCUT2D eigenvalue weighted by molar-refractivity contribution is -0.134. The zero-order valence-corrected chi connectivity index (χ0v) is 15.1. The molecule has 5 nitrogen and oxygen atoms in total. The van der Waals surface area contributed by atoms with Crippen LogP contribution in [0.1, 0.15) is 42.1 Å². The van der Waals surface area contributed by atoms with Crippen molar-refractivity contribution in [3.8, 4) is 0 Å². The van der Waals surface area contributed by atoms with Crippen LogP contribution in [0.2, 0.25) is 0 Å². The summed E-state index contributed by atoms with van der Waals surface area (Å²) in [5.74, 6) is -0.00896. The summed E-state index contributed by atoms with van der Waals surface area (Å²) in [5.41, 5.74) is 3.47. The molecule has 1 saturated heterocycles. The van der Waals surface area contributed by atoms with Crippen molar-refractivity contribution in [2.75, 3.05) is 13.2 Å². The van der Waals surface area contributed by atoms with Crippen molar-refractivity contribution >= 4 is 5.91 Å². The topological polar surface area (TPSA) is 56.1 Å². The SMILES string of the molecule is Cc1ccc([C@@H]2OCCC[C@@H]2C(=O)NCCCn2cc(C)cn2)cc1. The molecule has 1 fully saturated rings. The van der Waals surface area contributed by atoms with Crippen molar-refractivity contribution in [3.05, 3.63) is 53.3 Å². The quantitative estimate of drug-likeness (QED) is 0.821. The van der Waals surface area contributed by atoms with Crippen molar-refractivity contribution in [2.45, 2.75) is 45.8 Å². The first-order valence-electron chi connectivity index (χ1n) is 9.08. The summed E-state index contributed by atoms with van der Waals surface area (Å²) in [6.07, 6.45) is 6.42. The van der Waals surface area contributed by atoms with Crippen LogP contribution in [0.15, 0.2) is 36.7 Å². The third-order valence-electron chi connectivity index (χ3n) is 4.69.